The average molecular weight is 513 g/mol. The minimum atomic E-state index is -0.371. The summed E-state index contributed by atoms with van der Waals surface area (Å²) in [5.41, 5.74) is 3.19. The SMILES string of the molecule is CNc1cc2c(cc1O)C(NC)CCCN2C(=O)c1ccc(NC(=O)c2ccccc2Cl)cc1Cl. The third-order valence-electron chi connectivity index (χ3n) is 6.12. The Kier molecular flexibility index (Phi) is 7.50. The van der Waals surface area contributed by atoms with Crippen molar-refractivity contribution in [1.82, 2.24) is 5.32 Å². The van der Waals surface area contributed by atoms with Gasteiger partial charge in [0.1, 0.15) is 5.75 Å². The van der Waals surface area contributed by atoms with E-state index in [0.717, 1.165) is 18.4 Å². The maximum atomic E-state index is 13.6. The molecule has 0 aromatic heterocycles. The van der Waals surface area contributed by atoms with Gasteiger partial charge in [0.25, 0.3) is 11.8 Å². The van der Waals surface area contributed by atoms with Crippen molar-refractivity contribution >= 4 is 52.1 Å². The van der Waals surface area contributed by atoms with Crippen LogP contribution in [0.1, 0.15) is 45.2 Å². The molecule has 0 bridgehead atoms. The fraction of sp³-hybridized carbons (Fsp3) is 0.231. The van der Waals surface area contributed by atoms with Crippen LogP contribution in [-0.4, -0.2) is 37.6 Å². The number of phenolic OH excluding ortho intramolecular Hbond substituents is 1. The number of hydrogen-bond acceptors (Lipinski definition) is 5. The van der Waals surface area contributed by atoms with Gasteiger partial charge in [0.05, 0.1) is 32.5 Å². The quantitative estimate of drug-likeness (QED) is 0.329. The molecule has 3 aromatic carbocycles. The van der Waals surface area contributed by atoms with Crippen molar-refractivity contribution in [3.8, 4) is 5.75 Å². The molecule has 4 N–H and O–H groups in total. The Morgan fingerprint density at radius 3 is 2.46 bits per heavy atom. The Labute approximate surface area is 214 Å². The number of anilines is 3. The predicted molar refractivity (Wildman–Crippen MR) is 141 cm³/mol. The molecule has 7 nitrogen and oxygen atoms in total. The predicted octanol–water partition coefficient (Wildman–Crippen LogP) is 5.69. The minimum Gasteiger partial charge on any atom is -0.506 e. The Morgan fingerprint density at radius 1 is 1.00 bits per heavy atom. The van der Waals surface area contributed by atoms with Gasteiger partial charge in [0.15, 0.2) is 0 Å². The number of fused-ring (bicyclic) bond motifs is 1. The van der Waals surface area contributed by atoms with E-state index >= 15 is 0 Å². The molecule has 0 aliphatic carbocycles. The lowest BCUT2D eigenvalue weighted by Gasteiger charge is -2.26. The molecule has 2 amide bonds. The number of aromatic hydroxyl groups is 1. The summed E-state index contributed by atoms with van der Waals surface area (Å²) < 4.78 is 0. The molecule has 0 saturated heterocycles. The highest BCUT2D eigenvalue weighted by Gasteiger charge is 2.29. The van der Waals surface area contributed by atoms with Crippen LogP contribution in [0, 0.1) is 0 Å². The van der Waals surface area contributed by atoms with Crippen LogP contribution in [-0.2, 0) is 0 Å². The standard InChI is InChI=1S/C26H26Cl2N4O3/c1-29-21-8-5-11-32(23-14-22(30-2)24(33)13-18(21)23)26(35)17-10-9-15(12-20(17)28)31-25(34)16-6-3-4-7-19(16)27/h3-4,6-7,9-10,12-14,21,29-30,33H,5,8,11H2,1-2H3,(H,31,34). The zero-order valence-corrected chi connectivity index (χ0v) is 20.9. The molecule has 0 fully saturated rings. The lowest BCUT2D eigenvalue weighted by atomic mass is 10.0. The molecule has 1 atom stereocenters. The number of hydrogen-bond donors (Lipinski definition) is 4. The Balaban J connectivity index is 1.64. The number of phenols is 1. The Morgan fingerprint density at radius 2 is 1.77 bits per heavy atom. The van der Waals surface area contributed by atoms with Crippen LogP contribution >= 0.6 is 23.2 Å². The lowest BCUT2D eigenvalue weighted by molar-refractivity contribution is 0.0986. The molecule has 35 heavy (non-hydrogen) atoms. The van der Waals surface area contributed by atoms with Crippen molar-refractivity contribution < 1.29 is 14.7 Å². The molecular formula is C26H26Cl2N4O3. The van der Waals surface area contributed by atoms with E-state index in [1.54, 1.807) is 66.5 Å². The van der Waals surface area contributed by atoms with Gasteiger partial charge in [-0.2, -0.15) is 0 Å². The summed E-state index contributed by atoms with van der Waals surface area (Å²) in [5.74, 6) is -0.508. The van der Waals surface area contributed by atoms with E-state index in [-0.39, 0.29) is 28.6 Å². The number of carbonyl (C=O) groups is 2. The molecule has 0 spiro atoms. The van der Waals surface area contributed by atoms with Crippen molar-refractivity contribution in [2.45, 2.75) is 18.9 Å². The van der Waals surface area contributed by atoms with Crippen LogP contribution in [0.15, 0.2) is 54.6 Å². The average Bonchev–Trinajstić information content (AvgIpc) is 3.02. The lowest BCUT2D eigenvalue weighted by Crippen LogP contribution is -2.32. The number of amides is 2. The Hall–Kier alpha value is -3.26. The zero-order valence-electron chi connectivity index (χ0n) is 19.4. The number of carbonyl (C=O) groups excluding carboxylic acids is 2. The van der Waals surface area contributed by atoms with Crippen molar-refractivity contribution in [3.05, 3.63) is 81.3 Å². The normalized spacial score (nSPS) is 15.2. The summed E-state index contributed by atoms with van der Waals surface area (Å²) in [6.45, 7) is 0.499. The van der Waals surface area contributed by atoms with E-state index in [1.807, 2.05) is 7.05 Å². The number of benzene rings is 3. The van der Waals surface area contributed by atoms with E-state index in [1.165, 1.54) is 0 Å². The van der Waals surface area contributed by atoms with Gasteiger partial charge in [0, 0.05) is 25.3 Å². The molecule has 0 radical (unpaired) electrons. The third kappa shape index (κ3) is 5.07. The van der Waals surface area contributed by atoms with Crippen molar-refractivity contribution in [2.75, 3.05) is 36.2 Å². The second kappa shape index (κ2) is 10.6. The van der Waals surface area contributed by atoms with Gasteiger partial charge in [-0.25, -0.2) is 0 Å². The summed E-state index contributed by atoms with van der Waals surface area (Å²) in [6, 6.07) is 15.0. The number of nitrogens with one attached hydrogen (secondary N) is 3. The summed E-state index contributed by atoms with van der Waals surface area (Å²) in [7, 11) is 3.58. The van der Waals surface area contributed by atoms with Crippen LogP contribution in [0.2, 0.25) is 10.0 Å². The topological polar surface area (TPSA) is 93.7 Å². The highest BCUT2D eigenvalue weighted by Crippen LogP contribution is 2.40. The fourth-order valence-electron chi connectivity index (χ4n) is 4.30. The van der Waals surface area contributed by atoms with E-state index in [0.29, 0.717) is 39.8 Å². The smallest absolute Gasteiger partial charge is 0.259 e. The van der Waals surface area contributed by atoms with Gasteiger partial charge in [-0.3, -0.25) is 9.59 Å². The third-order valence-corrected chi connectivity index (χ3v) is 6.77. The second-order valence-corrected chi connectivity index (χ2v) is 9.06. The highest BCUT2D eigenvalue weighted by molar-refractivity contribution is 6.35. The molecule has 1 unspecified atom stereocenters. The van der Waals surface area contributed by atoms with Gasteiger partial charge in [-0.1, -0.05) is 35.3 Å². The van der Waals surface area contributed by atoms with Crippen LogP contribution in [0.3, 0.4) is 0 Å². The maximum Gasteiger partial charge on any atom is 0.259 e. The van der Waals surface area contributed by atoms with Gasteiger partial charge in [-0.05, 0) is 67.9 Å². The number of rotatable bonds is 5. The van der Waals surface area contributed by atoms with Crippen molar-refractivity contribution in [3.63, 3.8) is 0 Å². The first kappa shape index (κ1) is 24.9. The first-order chi connectivity index (χ1) is 16.8. The summed E-state index contributed by atoms with van der Waals surface area (Å²) in [4.78, 5) is 27.9. The zero-order chi connectivity index (χ0) is 25.1. The van der Waals surface area contributed by atoms with Crippen molar-refractivity contribution in [1.29, 1.82) is 0 Å². The largest absolute Gasteiger partial charge is 0.506 e. The van der Waals surface area contributed by atoms with Crippen molar-refractivity contribution in [2.24, 2.45) is 0 Å². The fourth-order valence-corrected chi connectivity index (χ4v) is 4.78. The minimum absolute atomic E-state index is 0.00234. The molecule has 1 aliphatic heterocycles. The van der Waals surface area contributed by atoms with E-state index < -0.39 is 0 Å². The van der Waals surface area contributed by atoms with Crippen LogP contribution < -0.4 is 20.9 Å². The van der Waals surface area contributed by atoms with Gasteiger partial charge >= 0.3 is 0 Å². The number of halogens is 2. The van der Waals surface area contributed by atoms with Crippen LogP contribution in [0.5, 0.6) is 5.75 Å². The molecule has 4 rings (SSSR count). The number of nitrogens with zero attached hydrogens (tertiary/aromatic N) is 1. The highest BCUT2D eigenvalue weighted by atomic mass is 35.5. The molecule has 1 heterocycles. The molecular weight excluding hydrogens is 487 g/mol. The second-order valence-electron chi connectivity index (χ2n) is 8.25. The summed E-state index contributed by atoms with van der Waals surface area (Å²) in [5, 5.41) is 20.0. The van der Waals surface area contributed by atoms with Crippen LogP contribution in [0.4, 0.5) is 17.1 Å². The summed E-state index contributed by atoms with van der Waals surface area (Å²) >= 11 is 12.6. The van der Waals surface area contributed by atoms with Crippen LogP contribution in [0.25, 0.3) is 0 Å². The van der Waals surface area contributed by atoms with E-state index in [4.69, 9.17) is 23.2 Å². The van der Waals surface area contributed by atoms with Gasteiger partial charge in [-0.15, -0.1) is 0 Å². The molecule has 0 saturated carbocycles. The molecule has 9 heteroatoms. The van der Waals surface area contributed by atoms with E-state index in [9.17, 15) is 14.7 Å². The van der Waals surface area contributed by atoms with Gasteiger partial charge < -0.3 is 26.0 Å². The molecule has 182 valence electrons. The van der Waals surface area contributed by atoms with Gasteiger partial charge in [0.2, 0.25) is 0 Å². The first-order valence-electron chi connectivity index (χ1n) is 11.2. The molecule has 1 aliphatic rings. The Bertz CT molecular complexity index is 1280. The molecule has 3 aromatic rings. The first-order valence-corrected chi connectivity index (χ1v) is 12.0. The van der Waals surface area contributed by atoms with E-state index in [2.05, 4.69) is 16.0 Å². The monoisotopic (exact) mass is 512 g/mol. The maximum absolute atomic E-state index is 13.6. The summed E-state index contributed by atoms with van der Waals surface area (Å²) in [6.07, 6.45) is 1.58.